The number of hydrogen-bond acceptors (Lipinski definition) is 4. The standard InChI is InChI=1S/C14H29N3O3S/c1-3-14-13(6-8-20-14)10-16-21(18,19)17-7-4-5-12(11-17)9-15-2/h12-16H,3-11H2,1-2H3. The summed E-state index contributed by atoms with van der Waals surface area (Å²) in [5.74, 6) is 0.723. The van der Waals surface area contributed by atoms with Gasteiger partial charge >= 0.3 is 0 Å². The number of rotatable bonds is 7. The van der Waals surface area contributed by atoms with E-state index in [1.165, 1.54) is 0 Å². The molecule has 2 heterocycles. The summed E-state index contributed by atoms with van der Waals surface area (Å²) in [4.78, 5) is 0. The highest BCUT2D eigenvalue weighted by Crippen LogP contribution is 2.23. The van der Waals surface area contributed by atoms with Crippen molar-refractivity contribution in [2.75, 3.05) is 39.8 Å². The largest absolute Gasteiger partial charge is 0.378 e. The van der Waals surface area contributed by atoms with Crippen LogP contribution in [0.3, 0.4) is 0 Å². The summed E-state index contributed by atoms with van der Waals surface area (Å²) in [5.41, 5.74) is 0. The zero-order valence-corrected chi connectivity index (χ0v) is 14.0. The van der Waals surface area contributed by atoms with Crippen LogP contribution in [0.5, 0.6) is 0 Å². The first-order valence-corrected chi connectivity index (χ1v) is 9.51. The first kappa shape index (κ1) is 17.1. The van der Waals surface area contributed by atoms with Gasteiger partial charge in [-0.05, 0) is 45.2 Å². The highest BCUT2D eigenvalue weighted by atomic mass is 32.2. The van der Waals surface area contributed by atoms with Crippen LogP contribution in [0.2, 0.25) is 0 Å². The molecule has 6 nitrogen and oxygen atoms in total. The molecule has 21 heavy (non-hydrogen) atoms. The molecule has 2 N–H and O–H groups in total. The van der Waals surface area contributed by atoms with E-state index >= 15 is 0 Å². The Labute approximate surface area is 128 Å². The fraction of sp³-hybridized carbons (Fsp3) is 1.00. The van der Waals surface area contributed by atoms with E-state index in [0.717, 1.165) is 38.8 Å². The van der Waals surface area contributed by atoms with Crippen molar-refractivity contribution in [1.82, 2.24) is 14.3 Å². The molecule has 0 amide bonds. The molecule has 0 aromatic rings. The summed E-state index contributed by atoms with van der Waals surface area (Å²) in [7, 11) is -1.44. The molecule has 0 saturated carbocycles. The average molecular weight is 319 g/mol. The van der Waals surface area contributed by atoms with Crippen LogP contribution >= 0.6 is 0 Å². The van der Waals surface area contributed by atoms with Crippen molar-refractivity contribution in [3.8, 4) is 0 Å². The van der Waals surface area contributed by atoms with Crippen LogP contribution in [0, 0.1) is 11.8 Å². The highest BCUT2D eigenvalue weighted by molar-refractivity contribution is 7.87. The van der Waals surface area contributed by atoms with Gasteiger partial charge in [0.2, 0.25) is 0 Å². The van der Waals surface area contributed by atoms with Gasteiger partial charge in [-0.15, -0.1) is 0 Å². The first-order chi connectivity index (χ1) is 10.1. The Hall–Kier alpha value is -0.210. The SMILES string of the molecule is CCC1OCCC1CNS(=O)(=O)N1CCCC(CNC)C1. The summed E-state index contributed by atoms with van der Waals surface area (Å²) < 4.78 is 34.9. The normalized spacial score (nSPS) is 31.6. The quantitative estimate of drug-likeness (QED) is 0.720. The Morgan fingerprint density at radius 3 is 2.81 bits per heavy atom. The Kier molecular flexibility index (Phi) is 6.43. The molecule has 0 aromatic carbocycles. The lowest BCUT2D eigenvalue weighted by Crippen LogP contribution is -2.48. The lowest BCUT2D eigenvalue weighted by molar-refractivity contribution is 0.0883. The molecule has 2 aliphatic rings. The van der Waals surface area contributed by atoms with Gasteiger partial charge in [0.05, 0.1) is 6.10 Å². The highest BCUT2D eigenvalue weighted by Gasteiger charge is 2.31. The van der Waals surface area contributed by atoms with Gasteiger partial charge in [-0.2, -0.15) is 12.7 Å². The van der Waals surface area contributed by atoms with Gasteiger partial charge in [-0.25, -0.2) is 4.72 Å². The van der Waals surface area contributed by atoms with Crippen molar-refractivity contribution < 1.29 is 13.2 Å². The maximum absolute atomic E-state index is 12.4. The van der Waals surface area contributed by atoms with Crippen LogP contribution in [0.25, 0.3) is 0 Å². The van der Waals surface area contributed by atoms with Gasteiger partial charge in [0, 0.05) is 32.2 Å². The molecular formula is C14H29N3O3S. The molecule has 0 spiro atoms. The average Bonchev–Trinajstić information content (AvgIpc) is 2.93. The zero-order valence-electron chi connectivity index (χ0n) is 13.2. The van der Waals surface area contributed by atoms with Crippen molar-refractivity contribution in [2.24, 2.45) is 11.8 Å². The Morgan fingerprint density at radius 2 is 2.10 bits per heavy atom. The van der Waals surface area contributed by atoms with Gasteiger partial charge in [-0.1, -0.05) is 6.92 Å². The monoisotopic (exact) mass is 319 g/mol. The number of nitrogens with zero attached hydrogens (tertiary/aromatic N) is 1. The van der Waals surface area contributed by atoms with E-state index in [1.54, 1.807) is 4.31 Å². The van der Waals surface area contributed by atoms with Crippen LogP contribution in [0.4, 0.5) is 0 Å². The maximum atomic E-state index is 12.4. The number of nitrogens with one attached hydrogen (secondary N) is 2. The van der Waals surface area contributed by atoms with Crippen molar-refractivity contribution in [3.05, 3.63) is 0 Å². The van der Waals surface area contributed by atoms with Crippen molar-refractivity contribution in [2.45, 2.75) is 38.7 Å². The van der Waals surface area contributed by atoms with Crippen molar-refractivity contribution in [3.63, 3.8) is 0 Å². The molecule has 3 unspecified atom stereocenters. The minimum absolute atomic E-state index is 0.200. The number of ether oxygens (including phenoxy) is 1. The van der Waals surface area contributed by atoms with Gasteiger partial charge < -0.3 is 10.1 Å². The number of hydrogen-bond donors (Lipinski definition) is 2. The molecule has 124 valence electrons. The molecule has 2 saturated heterocycles. The van der Waals surface area contributed by atoms with E-state index in [4.69, 9.17) is 4.74 Å². The third-order valence-corrected chi connectivity index (χ3v) is 6.13. The summed E-state index contributed by atoms with van der Waals surface area (Å²) in [6, 6.07) is 0. The van der Waals surface area contributed by atoms with E-state index in [9.17, 15) is 8.42 Å². The molecule has 7 heteroatoms. The van der Waals surface area contributed by atoms with E-state index in [-0.39, 0.29) is 6.10 Å². The molecule has 3 atom stereocenters. The second-order valence-corrected chi connectivity index (χ2v) is 7.90. The summed E-state index contributed by atoms with van der Waals surface area (Å²) in [5, 5.41) is 3.14. The second-order valence-electron chi connectivity index (χ2n) is 6.14. The van der Waals surface area contributed by atoms with Crippen LogP contribution < -0.4 is 10.0 Å². The topological polar surface area (TPSA) is 70.7 Å². The molecule has 0 aliphatic carbocycles. The van der Waals surface area contributed by atoms with Crippen molar-refractivity contribution in [1.29, 1.82) is 0 Å². The number of piperidine rings is 1. The molecule has 2 rings (SSSR count). The fourth-order valence-electron chi connectivity index (χ4n) is 3.38. The maximum Gasteiger partial charge on any atom is 0.279 e. The van der Waals surface area contributed by atoms with E-state index in [1.807, 2.05) is 7.05 Å². The Morgan fingerprint density at radius 1 is 1.29 bits per heavy atom. The van der Waals surface area contributed by atoms with E-state index in [2.05, 4.69) is 17.0 Å². The summed E-state index contributed by atoms with van der Waals surface area (Å²) in [6.07, 6.45) is 4.13. The van der Waals surface area contributed by atoms with E-state index < -0.39 is 10.2 Å². The fourth-order valence-corrected chi connectivity index (χ4v) is 4.77. The molecule has 0 radical (unpaired) electrons. The first-order valence-electron chi connectivity index (χ1n) is 8.07. The van der Waals surface area contributed by atoms with Crippen LogP contribution in [0.15, 0.2) is 0 Å². The summed E-state index contributed by atoms with van der Waals surface area (Å²) >= 11 is 0. The predicted octanol–water partition coefficient (Wildman–Crippen LogP) is 0.567. The van der Waals surface area contributed by atoms with Crippen LogP contribution in [-0.2, 0) is 14.9 Å². The van der Waals surface area contributed by atoms with Gasteiger partial charge in [0.15, 0.2) is 0 Å². The molecular weight excluding hydrogens is 290 g/mol. The molecule has 2 fully saturated rings. The van der Waals surface area contributed by atoms with E-state index in [0.29, 0.717) is 31.5 Å². The molecule has 0 aromatic heterocycles. The van der Waals surface area contributed by atoms with Gasteiger partial charge in [0.25, 0.3) is 10.2 Å². The second kappa shape index (κ2) is 7.87. The van der Waals surface area contributed by atoms with Gasteiger partial charge in [-0.3, -0.25) is 0 Å². The lowest BCUT2D eigenvalue weighted by atomic mass is 10.00. The minimum atomic E-state index is -3.35. The van der Waals surface area contributed by atoms with Crippen LogP contribution in [-0.4, -0.2) is 58.7 Å². The zero-order chi connectivity index (χ0) is 15.3. The smallest absolute Gasteiger partial charge is 0.279 e. The van der Waals surface area contributed by atoms with Gasteiger partial charge in [0.1, 0.15) is 0 Å². The van der Waals surface area contributed by atoms with Crippen LogP contribution in [0.1, 0.15) is 32.6 Å². The molecule has 0 bridgehead atoms. The molecule has 2 aliphatic heterocycles. The summed E-state index contributed by atoms with van der Waals surface area (Å²) in [6.45, 7) is 5.46. The predicted molar refractivity (Wildman–Crippen MR) is 83.3 cm³/mol. The Balaban J connectivity index is 1.86. The Bertz CT molecular complexity index is 414. The van der Waals surface area contributed by atoms with Crippen molar-refractivity contribution >= 4 is 10.2 Å². The lowest BCUT2D eigenvalue weighted by Gasteiger charge is -2.32. The minimum Gasteiger partial charge on any atom is -0.378 e. The third-order valence-electron chi connectivity index (χ3n) is 4.59. The third kappa shape index (κ3) is 4.63.